The van der Waals surface area contributed by atoms with Crippen LogP contribution in [0.3, 0.4) is 0 Å². The molecule has 0 saturated heterocycles. The molecule has 1 heterocycles. The number of nitrogen functional groups attached to an aromatic ring is 1. The third-order valence-electron chi connectivity index (χ3n) is 3.86. The summed E-state index contributed by atoms with van der Waals surface area (Å²) in [5.74, 6) is 1.46. The summed E-state index contributed by atoms with van der Waals surface area (Å²) in [4.78, 5) is 16.6. The van der Waals surface area contributed by atoms with Crippen molar-refractivity contribution in [3.8, 4) is 0 Å². The highest BCUT2D eigenvalue weighted by atomic mass is 16.1. The molecule has 1 aromatic heterocycles. The number of rotatable bonds is 6. The number of amides is 1. The summed E-state index contributed by atoms with van der Waals surface area (Å²) in [6, 6.07) is 3.78. The Morgan fingerprint density at radius 1 is 1.45 bits per heavy atom. The van der Waals surface area contributed by atoms with E-state index in [4.69, 9.17) is 5.73 Å². The van der Waals surface area contributed by atoms with Crippen molar-refractivity contribution in [1.82, 2.24) is 10.3 Å². The van der Waals surface area contributed by atoms with Gasteiger partial charge in [0.1, 0.15) is 5.82 Å². The molecule has 0 aliphatic heterocycles. The van der Waals surface area contributed by atoms with E-state index in [-0.39, 0.29) is 17.9 Å². The van der Waals surface area contributed by atoms with Gasteiger partial charge in [0.25, 0.3) is 5.91 Å². The average Bonchev–Trinajstić information content (AvgIpc) is 3.21. The van der Waals surface area contributed by atoms with Crippen LogP contribution >= 0.6 is 0 Å². The van der Waals surface area contributed by atoms with E-state index in [2.05, 4.69) is 17.2 Å². The van der Waals surface area contributed by atoms with Gasteiger partial charge < -0.3 is 11.1 Å². The van der Waals surface area contributed by atoms with E-state index in [1.165, 1.54) is 12.8 Å². The Morgan fingerprint density at radius 3 is 2.70 bits per heavy atom. The summed E-state index contributed by atoms with van der Waals surface area (Å²) in [5, 5.41) is 3.13. The van der Waals surface area contributed by atoms with Crippen LogP contribution in [0.25, 0.3) is 0 Å². The lowest BCUT2D eigenvalue weighted by Gasteiger charge is -2.17. The summed E-state index contributed by atoms with van der Waals surface area (Å²) in [5.41, 5.74) is 7.28. The van der Waals surface area contributed by atoms with Crippen molar-refractivity contribution in [3.05, 3.63) is 23.4 Å². The molecule has 1 aliphatic rings. The maximum absolute atomic E-state index is 12.3. The molecular formula is C16H25N3O. The van der Waals surface area contributed by atoms with E-state index in [0.717, 1.165) is 24.5 Å². The zero-order valence-corrected chi connectivity index (χ0v) is 12.6. The van der Waals surface area contributed by atoms with Crippen molar-refractivity contribution in [2.24, 2.45) is 5.92 Å². The first-order chi connectivity index (χ1) is 9.49. The van der Waals surface area contributed by atoms with E-state index >= 15 is 0 Å². The second-order valence-electron chi connectivity index (χ2n) is 6.12. The van der Waals surface area contributed by atoms with Crippen LogP contribution in [0.15, 0.2) is 12.1 Å². The molecule has 20 heavy (non-hydrogen) atoms. The van der Waals surface area contributed by atoms with Gasteiger partial charge >= 0.3 is 0 Å². The van der Waals surface area contributed by atoms with Crippen LogP contribution in [0.2, 0.25) is 0 Å². The molecule has 1 aliphatic carbocycles. The van der Waals surface area contributed by atoms with Crippen LogP contribution in [0, 0.1) is 5.92 Å². The van der Waals surface area contributed by atoms with Crippen LogP contribution < -0.4 is 11.1 Å². The third kappa shape index (κ3) is 3.95. The van der Waals surface area contributed by atoms with Crippen molar-refractivity contribution in [3.63, 3.8) is 0 Å². The van der Waals surface area contributed by atoms with Crippen molar-refractivity contribution < 1.29 is 4.79 Å². The molecular weight excluding hydrogens is 250 g/mol. The highest BCUT2D eigenvalue weighted by Gasteiger charge is 2.25. The third-order valence-corrected chi connectivity index (χ3v) is 3.86. The van der Waals surface area contributed by atoms with Crippen LogP contribution in [0.5, 0.6) is 0 Å². The predicted octanol–water partition coefficient (Wildman–Crippen LogP) is 3.10. The second kappa shape index (κ2) is 6.25. The molecule has 1 amide bonds. The Balaban J connectivity index is 2.07. The molecule has 0 spiro atoms. The van der Waals surface area contributed by atoms with Gasteiger partial charge in [-0.05, 0) is 36.8 Å². The Kier molecular flexibility index (Phi) is 4.63. The van der Waals surface area contributed by atoms with Crippen LogP contribution in [-0.2, 0) is 0 Å². The monoisotopic (exact) mass is 275 g/mol. The van der Waals surface area contributed by atoms with E-state index in [1.54, 1.807) is 6.07 Å². The summed E-state index contributed by atoms with van der Waals surface area (Å²) < 4.78 is 0. The van der Waals surface area contributed by atoms with Crippen LogP contribution in [0.4, 0.5) is 5.82 Å². The topological polar surface area (TPSA) is 68.0 Å². The van der Waals surface area contributed by atoms with Gasteiger partial charge in [-0.1, -0.05) is 33.6 Å². The fraction of sp³-hybridized carbons (Fsp3) is 0.625. The predicted molar refractivity (Wildman–Crippen MR) is 81.6 cm³/mol. The number of pyridine rings is 1. The quantitative estimate of drug-likeness (QED) is 0.838. The van der Waals surface area contributed by atoms with Gasteiger partial charge in [0.05, 0.1) is 0 Å². The van der Waals surface area contributed by atoms with Gasteiger partial charge in [-0.15, -0.1) is 0 Å². The van der Waals surface area contributed by atoms with Gasteiger partial charge in [-0.3, -0.25) is 4.79 Å². The zero-order chi connectivity index (χ0) is 14.7. The standard InChI is InChI=1S/C16H25N3O/c1-4-13(7-11-5-6-11)18-16(20)12-8-14(10(2)3)19-15(17)9-12/h8-11,13H,4-7H2,1-3H3,(H2,17,19)(H,18,20). The number of nitrogens with zero attached hydrogens (tertiary/aromatic N) is 1. The molecule has 4 heteroatoms. The van der Waals surface area contributed by atoms with Crippen molar-refractivity contribution in [2.45, 2.75) is 58.4 Å². The van der Waals surface area contributed by atoms with Gasteiger partial charge in [-0.25, -0.2) is 4.98 Å². The molecule has 0 radical (unpaired) electrons. The number of nitrogens with two attached hydrogens (primary N) is 1. The summed E-state index contributed by atoms with van der Waals surface area (Å²) in [7, 11) is 0. The second-order valence-corrected chi connectivity index (χ2v) is 6.12. The Morgan fingerprint density at radius 2 is 2.15 bits per heavy atom. The number of anilines is 1. The minimum absolute atomic E-state index is 0.0338. The molecule has 2 rings (SSSR count). The maximum atomic E-state index is 12.3. The normalized spacial score (nSPS) is 16.2. The number of hydrogen-bond acceptors (Lipinski definition) is 3. The lowest BCUT2D eigenvalue weighted by molar-refractivity contribution is 0.0932. The summed E-state index contributed by atoms with van der Waals surface area (Å²) >= 11 is 0. The SMILES string of the molecule is CCC(CC1CC1)NC(=O)c1cc(N)nc(C(C)C)c1. The van der Waals surface area contributed by atoms with E-state index in [0.29, 0.717) is 11.4 Å². The lowest BCUT2D eigenvalue weighted by Crippen LogP contribution is -2.34. The van der Waals surface area contributed by atoms with Gasteiger partial charge in [0.15, 0.2) is 0 Å². The summed E-state index contributed by atoms with van der Waals surface area (Å²) in [6.45, 7) is 6.21. The molecule has 110 valence electrons. The van der Waals surface area contributed by atoms with Gasteiger partial charge in [-0.2, -0.15) is 0 Å². The van der Waals surface area contributed by atoms with E-state index in [1.807, 2.05) is 19.9 Å². The number of carbonyl (C=O) groups is 1. The molecule has 1 aromatic rings. The smallest absolute Gasteiger partial charge is 0.251 e. The van der Waals surface area contributed by atoms with Crippen molar-refractivity contribution in [2.75, 3.05) is 5.73 Å². The number of nitrogens with one attached hydrogen (secondary N) is 1. The Labute approximate surface area is 121 Å². The van der Waals surface area contributed by atoms with Gasteiger partial charge in [0.2, 0.25) is 0 Å². The minimum Gasteiger partial charge on any atom is -0.384 e. The zero-order valence-electron chi connectivity index (χ0n) is 12.6. The molecule has 0 aromatic carbocycles. The van der Waals surface area contributed by atoms with Crippen molar-refractivity contribution in [1.29, 1.82) is 0 Å². The number of carbonyl (C=O) groups excluding carboxylic acids is 1. The fourth-order valence-corrected chi connectivity index (χ4v) is 2.35. The molecule has 4 nitrogen and oxygen atoms in total. The first-order valence-corrected chi connectivity index (χ1v) is 7.58. The molecule has 1 unspecified atom stereocenters. The summed E-state index contributed by atoms with van der Waals surface area (Å²) in [6.07, 6.45) is 4.69. The molecule has 1 atom stereocenters. The van der Waals surface area contributed by atoms with Crippen LogP contribution in [0.1, 0.15) is 68.4 Å². The van der Waals surface area contributed by atoms with E-state index < -0.39 is 0 Å². The Bertz CT molecular complexity index is 481. The van der Waals surface area contributed by atoms with E-state index in [9.17, 15) is 4.79 Å². The lowest BCUT2D eigenvalue weighted by atomic mass is 10.0. The highest BCUT2D eigenvalue weighted by Crippen LogP contribution is 2.34. The maximum Gasteiger partial charge on any atom is 0.251 e. The van der Waals surface area contributed by atoms with Crippen LogP contribution in [-0.4, -0.2) is 16.9 Å². The van der Waals surface area contributed by atoms with Gasteiger partial charge in [0, 0.05) is 17.3 Å². The largest absolute Gasteiger partial charge is 0.384 e. The molecule has 1 saturated carbocycles. The average molecular weight is 275 g/mol. The van der Waals surface area contributed by atoms with Crippen molar-refractivity contribution >= 4 is 11.7 Å². The fourth-order valence-electron chi connectivity index (χ4n) is 2.35. The first kappa shape index (κ1) is 14.8. The molecule has 0 bridgehead atoms. The minimum atomic E-state index is -0.0338. The number of aromatic nitrogens is 1. The molecule has 1 fully saturated rings. The Hall–Kier alpha value is -1.58. The molecule has 3 N–H and O–H groups in total. The number of hydrogen-bond donors (Lipinski definition) is 2. The first-order valence-electron chi connectivity index (χ1n) is 7.58. The highest BCUT2D eigenvalue weighted by molar-refractivity contribution is 5.95.